The van der Waals surface area contributed by atoms with Crippen molar-refractivity contribution in [3.05, 3.63) is 43.8 Å². The van der Waals surface area contributed by atoms with E-state index in [2.05, 4.69) is 13.0 Å². The maximum absolute atomic E-state index is 11.3. The third-order valence-electron chi connectivity index (χ3n) is 2.17. The van der Waals surface area contributed by atoms with Gasteiger partial charge in [0.05, 0.1) is 3.57 Å². The van der Waals surface area contributed by atoms with Gasteiger partial charge in [0.25, 0.3) is 0 Å². The second-order valence-electron chi connectivity index (χ2n) is 3.11. The van der Waals surface area contributed by atoms with E-state index >= 15 is 0 Å². The lowest BCUT2D eigenvalue weighted by Crippen LogP contribution is -2.01. The first kappa shape index (κ1) is 9.71. The molecule has 2 rings (SSSR count). The van der Waals surface area contributed by atoms with E-state index in [1.807, 2.05) is 40.8 Å². The summed E-state index contributed by atoms with van der Waals surface area (Å²) in [7, 11) is 0. The van der Waals surface area contributed by atoms with Crippen molar-refractivity contribution in [1.29, 1.82) is 0 Å². The molecule has 0 saturated carbocycles. The number of hydrogen-bond donors (Lipinski definition) is 0. The molecule has 0 bridgehead atoms. The molecule has 0 fully saturated rings. The van der Waals surface area contributed by atoms with Gasteiger partial charge in [-0.25, -0.2) is 4.79 Å². The fraction of sp³-hybridized carbons (Fsp3) is 0.182. The largest absolute Gasteiger partial charge is 0.422 e. The van der Waals surface area contributed by atoms with E-state index in [1.54, 1.807) is 0 Å². The first-order chi connectivity index (χ1) is 6.70. The molecule has 0 amide bonds. The molecule has 1 aromatic heterocycles. The van der Waals surface area contributed by atoms with Gasteiger partial charge in [-0.1, -0.05) is 19.1 Å². The molecule has 0 N–H and O–H groups in total. The van der Waals surface area contributed by atoms with Crippen molar-refractivity contribution >= 4 is 33.6 Å². The number of fused-ring (bicyclic) bond motifs is 1. The van der Waals surface area contributed by atoms with Crippen LogP contribution in [0.25, 0.3) is 11.0 Å². The summed E-state index contributed by atoms with van der Waals surface area (Å²) in [6.45, 7) is 2.08. The molecule has 72 valence electrons. The minimum Gasteiger partial charge on any atom is -0.422 e. The van der Waals surface area contributed by atoms with E-state index in [9.17, 15) is 4.79 Å². The predicted octanol–water partition coefficient (Wildman–Crippen LogP) is 2.96. The topological polar surface area (TPSA) is 30.2 Å². The molecule has 0 aliphatic carbocycles. The van der Waals surface area contributed by atoms with Crippen LogP contribution in [-0.4, -0.2) is 0 Å². The monoisotopic (exact) mass is 300 g/mol. The lowest BCUT2D eigenvalue weighted by Gasteiger charge is -1.99. The Hall–Kier alpha value is -0.840. The molecule has 0 aliphatic rings. The van der Waals surface area contributed by atoms with E-state index in [0.29, 0.717) is 9.15 Å². The molecule has 2 nitrogen and oxygen atoms in total. The molecule has 14 heavy (non-hydrogen) atoms. The standard InChI is InChI=1S/C11H9IO2/c1-2-7-3-4-8-6-9(12)11(13)14-10(8)5-7/h3-6H,2H2,1H3. The molecule has 2 aromatic rings. The predicted molar refractivity (Wildman–Crippen MR) is 64.6 cm³/mol. The summed E-state index contributed by atoms with van der Waals surface area (Å²) >= 11 is 1.98. The van der Waals surface area contributed by atoms with Crippen LogP contribution in [0.3, 0.4) is 0 Å². The highest BCUT2D eigenvalue weighted by molar-refractivity contribution is 14.1. The fourth-order valence-corrected chi connectivity index (χ4v) is 1.80. The molecule has 0 saturated heterocycles. The second kappa shape index (κ2) is 3.73. The Kier molecular flexibility index (Phi) is 2.58. The van der Waals surface area contributed by atoms with Crippen molar-refractivity contribution in [3.63, 3.8) is 0 Å². The Morgan fingerprint density at radius 2 is 2.14 bits per heavy atom. The van der Waals surface area contributed by atoms with Gasteiger partial charge in [0.2, 0.25) is 0 Å². The van der Waals surface area contributed by atoms with Gasteiger partial charge >= 0.3 is 5.63 Å². The van der Waals surface area contributed by atoms with Gasteiger partial charge in [-0.15, -0.1) is 0 Å². The maximum Gasteiger partial charge on any atom is 0.349 e. The number of benzene rings is 1. The zero-order chi connectivity index (χ0) is 10.1. The zero-order valence-corrected chi connectivity index (χ0v) is 9.87. The maximum atomic E-state index is 11.3. The summed E-state index contributed by atoms with van der Waals surface area (Å²) < 4.78 is 5.80. The van der Waals surface area contributed by atoms with Gasteiger partial charge < -0.3 is 4.42 Å². The van der Waals surface area contributed by atoms with E-state index in [0.717, 1.165) is 11.8 Å². The Balaban J connectivity index is 2.77. The smallest absolute Gasteiger partial charge is 0.349 e. The number of halogens is 1. The Morgan fingerprint density at radius 1 is 1.36 bits per heavy atom. The minimum absolute atomic E-state index is 0.258. The molecule has 0 radical (unpaired) electrons. The van der Waals surface area contributed by atoms with Gasteiger partial charge in [0.15, 0.2) is 0 Å². The average molecular weight is 300 g/mol. The summed E-state index contributed by atoms with van der Waals surface area (Å²) in [6.07, 6.45) is 0.950. The lowest BCUT2D eigenvalue weighted by atomic mass is 10.1. The molecule has 0 unspecified atom stereocenters. The second-order valence-corrected chi connectivity index (χ2v) is 4.27. The van der Waals surface area contributed by atoms with Crippen LogP contribution in [0.1, 0.15) is 12.5 Å². The average Bonchev–Trinajstić information content (AvgIpc) is 2.19. The fourth-order valence-electron chi connectivity index (χ4n) is 1.35. The van der Waals surface area contributed by atoms with Crippen molar-refractivity contribution in [3.8, 4) is 0 Å². The molecule has 0 aliphatic heterocycles. The highest BCUT2D eigenvalue weighted by Gasteiger charge is 2.02. The van der Waals surface area contributed by atoms with Crippen LogP contribution in [0, 0.1) is 3.57 Å². The summed E-state index contributed by atoms with van der Waals surface area (Å²) in [4.78, 5) is 11.3. The normalized spacial score (nSPS) is 10.7. The Morgan fingerprint density at radius 3 is 2.86 bits per heavy atom. The number of aryl methyl sites for hydroxylation is 1. The first-order valence-electron chi connectivity index (χ1n) is 4.43. The third kappa shape index (κ3) is 1.68. The summed E-state index contributed by atoms with van der Waals surface area (Å²) in [5, 5.41) is 0.978. The minimum atomic E-state index is -0.258. The summed E-state index contributed by atoms with van der Waals surface area (Å²) in [6, 6.07) is 7.81. The van der Waals surface area contributed by atoms with Gasteiger partial charge in [-0.05, 0) is 46.7 Å². The van der Waals surface area contributed by atoms with Crippen molar-refractivity contribution in [1.82, 2.24) is 0 Å². The Labute approximate surface area is 95.1 Å². The van der Waals surface area contributed by atoms with Gasteiger partial charge in [-0.3, -0.25) is 0 Å². The van der Waals surface area contributed by atoms with Crippen LogP contribution < -0.4 is 5.63 Å². The van der Waals surface area contributed by atoms with Crippen LogP contribution in [0.4, 0.5) is 0 Å². The van der Waals surface area contributed by atoms with Gasteiger partial charge in [0, 0.05) is 5.39 Å². The lowest BCUT2D eigenvalue weighted by molar-refractivity contribution is 0.555. The van der Waals surface area contributed by atoms with Gasteiger partial charge in [-0.2, -0.15) is 0 Å². The molecular weight excluding hydrogens is 291 g/mol. The molecule has 0 spiro atoms. The SMILES string of the molecule is CCc1ccc2cc(I)c(=O)oc2c1. The highest BCUT2D eigenvalue weighted by atomic mass is 127. The third-order valence-corrected chi connectivity index (χ3v) is 2.92. The van der Waals surface area contributed by atoms with Gasteiger partial charge in [0.1, 0.15) is 5.58 Å². The number of hydrogen-bond acceptors (Lipinski definition) is 2. The Bertz CT molecular complexity index is 528. The summed E-state index contributed by atoms with van der Waals surface area (Å²) in [5.74, 6) is 0. The molecule has 1 heterocycles. The molecular formula is C11H9IO2. The first-order valence-corrected chi connectivity index (χ1v) is 5.51. The van der Waals surface area contributed by atoms with Crippen LogP contribution in [-0.2, 0) is 6.42 Å². The van der Waals surface area contributed by atoms with Crippen molar-refractivity contribution in [2.45, 2.75) is 13.3 Å². The zero-order valence-electron chi connectivity index (χ0n) is 7.71. The van der Waals surface area contributed by atoms with E-state index in [4.69, 9.17) is 4.42 Å². The van der Waals surface area contributed by atoms with Crippen LogP contribution >= 0.6 is 22.6 Å². The highest BCUT2D eigenvalue weighted by Crippen LogP contribution is 2.16. The summed E-state index contributed by atoms with van der Waals surface area (Å²) in [5.41, 5.74) is 1.60. The number of rotatable bonds is 1. The molecule has 3 heteroatoms. The van der Waals surface area contributed by atoms with Crippen LogP contribution in [0.2, 0.25) is 0 Å². The van der Waals surface area contributed by atoms with E-state index in [-0.39, 0.29) is 5.63 Å². The van der Waals surface area contributed by atoms with Crippen molar-refractivity contribution in [2.24, 2.45) is 0 Å². The van der Waals surface area contributed by atoms with E-state index < -0.39 is 0 Å². The van der Waals surface area contributed by atoms with Crippen LogP contribution in [0.5, 0.6) is 0 Å². The van der Waals surface area contributed by atoms with E-state index in [1.165, 1.54) is 5.56 Å². The van der Waals surface area contributed by atoms with Crippen molar-refractivity contribution in [2.75, 3.05) is 0 Å². The van der Waals surface area contributed by atoms with Crippen molar-refractivity contribution < 1.29 is 4.42 Å². The quantitative estimate of drug-likeness (QED) is 0.599. The van der Waals surface area contributed by atoms with Crippen LogP contribution in [0.15, 0.2) is 33.5 Å². The molecule has 0 atom stereocenters. The molecule has 1 aromatic carbocycles.